The predicted octanol–water partition coefficient (Wildman–Crippen LogP) is 2.52. The standard InChI is InChI=1S/C14H27NO/c1-4-15(9-11-5-6-11)10-12-7-8-14(2,3)13(12)16/h11-13,16H,4-10H2,1-3H3. The monoisotopic (exact) mass is 225 g/mol. The van der Waals surface area contributed by atoms with Gasteiger partial charge in [0.05, 0.1) is 6.10 Å². The van der Waals surface area contributed by atoms with Gasteiger partial charge in [0.25, 0.3) is 0 Å². The smallest absolute Gasteiger partial charge is 0.0631 e. The highest BCUT2D eigenvalue weighted by Gasteiger charge is 2.41. The van der Waals surface area contributed by atoms with Crippen molar-refractivity contribution in [2.45, 2.75) is 52.6 Å². The molecule has 0 aromatic heterocycles. The molecule has 0 radical (unpaired) electrons. The lowest BCUT2D eigenvalue weighted by Crippen LogP contribution is -2.37. The maximum atomic E-state index is 10.3. The molecule has 2 saturated carbocycles. The number of rotatable bonds is 5. The maximum Gasteiger partial charge on any atom is 0.0631 e. The summed E-state index contributed by atoms with van der Waals surface area (Å²) in [7, 11) is 0. The Kier molecular flexibility index (Phi) is 3.60. The molecule has 0 aromatic carbocycles. The van der Waals surface area contributed by atoms with E-state index in [0.717, 1.165) is 19.0 Å². The first-order valence-electron chi connectivity index (χ1n) is 6.93. The Morgan fingerprint density at radius 1 is 1.19 bits per heavy atom. The van der Waals surface area contributed by atoms with E-state index < -0.39 is 0 Å². The zero-order valence-corrected chi connectivity index (χ0v) is 11.1. The van der Waals surface area contributed by atoms with Crippen LogP contribution in [0.1, 0.15) is 46.5 Å². The van der Waals surface area contributed by atoms with Crippen LogP contribution in [0.4, 0.5) is 0 Å². The normalized spacial score (nSPS) is 33.6. The largest absolute Gasteiger partial charge is 0.392 e. The highest BCUT2D eigenvalue weighted by Crippen LogP contribution is 2.41. The first kappa shape index (κ1) is 12.4. The summed E-state index contributed by atoms with van der Waals surface area (Å²) in [5.74, 6) is 1.47. The lowest BCUT2D eigenvalue weighted by molar-refractivity contribution is 0.0327. The molecule has 1 N–H and O–H groups in total. The number of hydrogen-bond acceptors (Lipinski definition) is 2. The molecule has 0 aliphatic heterocycles. The van der Waals surface area contributed by atoms with E-state index in [9.17, 15) is 5.11 Å². The minimum atomic E-state index is -0.0965. The van der Waals surface area contributed by atoms with Crippen molar-refractivity contribution < 1.29 is 5.11 Å². The quantitative estimate of drug-likeness (QED) is 0.777. The van der Waals surface area contributed by atoms with Gasteiger partial charge >= 0.3 is 0 Å². The summed E-state index contributed by atoms with van der Waals surface area (Å²) in [5.41, 5.74) is 0.143. The number of aliphatic hydroxyl groups excluding tert-OH is 1. The van der Waals surface area contributed by atoms with Crippen LogP contribution in [-0.2, 0) is 0 Å². The molecule has 2 fully saturated rings. The zero-order chi connectivity index (χ0) is 11.8. The Bertz CT molecular complexity index is 235. The van der Waals surface area contributed by atoms with Crippen molar-refractivity contribution >= 4 is 0 Å². The second-order valence-corrected chi connectivity index (χ2v) is 6.53. The minimum absolute atomic E-state index is 0.0965. The predicted molar refractivity (Wildman–Crippen MR) is 67.3 cm³/mol. The van der Waals surface area contributed by atoms with E-state index in [2.05, 4.69) is 25.7 Å². The molecule has 0 spiro atoms. The van der Waals surface area contributed by atoms with Gasteiger partial charge in [0.1, 0.15) is 0 Å². The third kappa shape index (κ3) is 2.78. The van der Waals surface area contributed by atoms with Gasteiger partial charge in [-0.15, -0.1) is 0 Å². The topological polar surface area (TPSA) is 23.5 Å². The van der Waals surface area contributed by atoms with Crippen molar-refractivity contribution in [3.8, 4) is 0 Å². The molecule has 16 heavy (non-hydrogen) atoms. The van der Waals surface area contributed by atoms with E-state index in [4.69, 9.17) is 0 Å². The highest BCUT2D eigenvalue weighted by molar-refractivity contribution is 4.92. The molecule has 0 heterocycles. The van der Waals surface area contributed by atoms with Crippen molar-refractivity contribution in [1.29, 1.82) is 0 Å². The summed E-state index contributed by atoms with van der Waals surface area (Å²) in [6.45, 7) is 10.2. The van der Waals surface area contributed by atoms with E-state index >= 15 is 0 Å². The Morgan fingerprint density at radius 3 is 2.31 bits per heavy atom. The van der Waals surface area contributed by atoms with Crippen LogP contribution in [-0.4, -0.2) is 35.7 Å². The Labute approximate surface area is 100 Å². The second-order valence-electron chi connectivity index (χ2n) is 6.53. The number of hydrogen-bond donors (Lipinski definition) is 1. The van der Waals surface area contributed by atoms with Crippen LogP contribution >= 0.6 is 0 Å². The fourth-order valence-electron chi connectivity index (χ4n) is 3.02. The molecule has 0 bridgehead atoms. The van der Waals surface area contributed by atoms with Crippen molar-refractivity contribution in [2.24, 2.45) is 17.3 Å². The summed E-state index contributed by atoms with van der Waals surface area (Å²) in [6, 6.07) is 0. The van der Waals surface area contributed by atoms with E-state index in [-0.39, 0.29) is 11.5 Å². The summed E-state index contributed by atoms with van der Waals surface area (Å²) >= 11 is 0. The van der Waals surface area contributed by atoms with Gasteiger partial charge in [-0.3, -0.25) is 0 Å². The highest BCUT2D eigenvalue weighted by atomic mass is 16.3. The Balaban J connectivity index is 1.83. The molecule has 2 heteroatoms. The average molecular weight is 225 g/mol. The molecule has 0 amide bonds. The lowest BCUT2D eigenvalue weighted by Gasteiger charge is -2.29. The van der Waals surface area contributed by atoms with E-state index in [1.807, 2.05) is 0 Å². The summed E-state index contributed by atoms with van der Waals surface area (Å²) in [5, 5.41) is 10.3. The fraction of sp³-hybridized carbons (Fsp3) is 1.00. The molecule has 2 aliphatic carbocycles. The van der Waals surface area contributed by atoms with Crippen molar-refractivity contribution in [3.63, 3.8) is 0 Å². The van der Waals surface area contributed by atoms with Gasteiger partial charge in [-0.25, -0.2) is 0 Å². The van der Waals surface area contributed by atoms with Crippen LogP contribution < -0.4 is 0 Å². The minimum Gasteiger partial charge on any atom is -0.392 e. The van der Waals surface area contributed by atoms with E-state index in [1.165, 1.54) is 32.2 Å². The van der Waals surface area contributed by atoms with E-state index in [0.29, 0.717) is 5.92 Å². The van der Waals surface area contributed by atoms with Gasteiger partial charge in [-0.1, -0.05) is 20.8 Å². The molecule has 2 unspecified atom stereocenters. The molecular formula is C14H27NO. The summed E-state index contributed by atoms with van der Waals surface area (Å²) in [4.78, 5) is 2.55. The van der Waals surface area contributed by atoms with Crippen molar-refractivity contribution in [2.75, 3.05) is 19.6 Å². The van der Waals surface area contributed by atoms with Gasteiger partial charge < -0.3 is 10.0 Å². The Hall–Kier alpha value is -0.0800. The number of nitrogens with zero attached hydrogens (tertiary/aromatic N) is 1. The van der Waals surface area contributed by atoms with Crippen molar-refractivity contribution in [1.82, 2.24) is 4.90 Å². The van der Waals surface area contributed by atoms with Crippen LogP contribution in [0.2, 0.25) is 0 Å². The fourth-order valence-corrected chi connectivity index (χ4v) is 3.02. The molecule has 94 valence electrons. The SMILES string of the molecule is CCN(CC1CC1)CC1CCC(C)(C)C1O. The van der Waals surface area contributed by atoms with Crippen molar-refractivity contribution in [3.05, 3.63) is 0 Å². The molecule has 0 saturated heterocycles. The van der Waals surface area contributed by atoms with E-state index in [1.54, 1.807) is 0 Å². The molecule has 2 atom stereocenters. The van der Waals surface area contributed by atoms with Gasteiger partial charge in [-0.05, 0) is 49.5 Å². The maximum absolute atomic E-state index is 10.3. The molecule has 2 nitrogen and oxygen atoms in total. The first-order chi connectivity index (χ1) is 7.53. The average Bonchev–Trinajstić information content (AvgIpc) is 3.01. The zero-order valence-electron chi connectivity index (χ0n) is 11.1. The third-order valence-corrected chi connectivity index (χ3v) is 4.56. The summed E-state index contributed by atoms with van der Waals surface area (Å²) < 4.78 is 0. The number of aliphatic hydroxyl groups is 1. The lowest BCUT2D eigenvalue weighted by atomic mass is 9.87. The molecule has 0 aromatic rings. The van der Waals surface area contributed by atoms with Gasteiger partial charge in [0.15, 0.2) is 0 Å². The van der Waals surface area contributed by atoms with Gasteiger partial charge in [-0.2, -0.15) is 0 Å². The van der Waals surface area contributed by atoms with Crippen LogP contribution in [0, 0.1) is 17.3 Å². The van der Waals surface area contributed by atoms with Crippen LogP contribution in [0.25, 0.3) is 0 Å². The van der Waals surface area contributed by atoms with Gasteiger partial charge in [0.2, 0.25) is 0 Å². The molecular weight excluding hydrogens is 198 g/mol. The third-order valence-electron chi connectivity index (χ3n) is 4.56. The first-order valence-corrected chi connectivity index (χ1v) is 6.93. The van der Waals surface area contributed by atoms with Crippen LogP contribution in [0.15, 0.2) is 0 Å². The van der Waals surface area contributed by atoms with Gasteiger partial charge in [0, 0.05) is 13.1 Å². The molecule has 2 aliphatic rings. The van der Waals surface area contributed by atoms with Crippen LogP contribution in [0.5, 0.6) is 0 Å². The second kappa shape index (κ2) is 4.66. The van der Waals surface area contributed by atoms with Crippen LogP contribution in [0.3, 0.4) is 0 Å². The molecule has 2 rings (SSSR count). The Morgan fingerprint density at radius 2 is 1.88 bits per heavy atom. The summed E-state index contributed by atoms with van der Waals surface area (Å²) in [6.07, 6.45) is 5.14.